The Kier molecular flexibility index (Phi) is 5.05. The first-order valence-corrected chi connectivity index (χ1v) is 7.64. The van der Waals surface area contributed by atoms with Gasteiger partial charge in [-0.25, -0.2) is 4.68 Å². The van der Waals surface area contributed by atoms with Crippen molar-refractivity contribution in [1.82, 2.24) is 15.1 Å². The topological polar surface area (TPSA) is 50.2 Å². The van der Waals surface area contributed by atoms with Gasteiger partial charge in [-0.3, -0.25) is 4.79 Å². The maximum atomic E-state index is 12.1. The number of rotatable bonds is 4. The number of aromatic nitrogens is 2. The van der Waals surface area contributed by atoms with Crippen molar-refractivity contribution in [2.24, 2.45) is 5.92 Å². The molecule has 1 aliphatic heterocycles. The largest absolute Gasteiger partial charge is 0.369 e. The smallest absolute Gasteiger partial charge is 0.287 e. The third kappa shape index (κ3) is 2.99. The summed E-state index contributed by atoms with van der Waals surface area (Å²) in [5.74, 6) is 0.568. The molecule has 0 radical (unpaired) electrons. The van der Waals surface area contributed by atoms with Gasteiger partial charge in [0, 0.05) is 25.7 Å². The van der Waals surface area contributed by atoms with Gasteiger partial charge in [-0.1, -0.05) is 11.6 Å². The van der Waals surface area contributed by atoms with Crippen LogP contribution in [0.25, 0.3) is 0 Å². The summed E-state index contributed by atoms with van der Waals surface area (Å²) in [7, 11) is 1.99. The van der Waals surface area contributed by atoms with E-state index in [1.54, 1.807) is 6.20 Å². The van der Waals surface area contributed by atoms with Crippen molar-refractivity contribution in [3.8, 4) is 0 Å². The van der Waals surface area contributed by atoms with Crippen LogP contribution in [-0.2, 0) is 6.54 Å². The van der Waals surface area contributed by atoms with E-state index in [9.17, 15) is 4.79 Å². The van der Waals surface area contributed by atoms with Crippen molar-refractivity contribution in [2.75, 3.05) is 25.0 Å². The molecule has 1 aromatic heterocycles. The van der Waals surface area contributed by atoms with E-state index in [-0.39, 0.29) is 5.56 Å². The lowest BCUT2D eigenvalue weighted by atomic mass is 9.91. The lowest BCUT2D eigenvalue weighted by Gasteiger charge is -2.37. The third-order valence-corrected chi connectivity index (χ3v) is 4.58. The van der Waals surface area contributed by atoms with Gasteiger partial charge in [0.05, 0.1) is 11.9 Å². The molecule has 6 heteroatoms. The lowest BCUT2D eigenvalue weighted by Crippen LogP contribution is -2.44. The van der Waals surface area contributed by atoms with Crippen molar-refractivity contribution in [3.05, 3.63) is 21.6 Å². The lowest BCUT2D eigenvalue weighted by molar-refractivity contribution is 0.333. The minimum atomic E-state index is -0.199. The van der Waals surface area contributed by atoms with E-state index in [1.165, 1.54) is 11.1 Å². The number of aryl methyl sites for hydroxylation is 1. The maximum Gasteiger partial charge on any atom is 0.287 e. The molecule has 5 nitrogen and oxygen atoms in total. The minimum absolute atomic E-state index is 0.199. The molecule has 0 bridgehead atoms. The van der Waals surface area contributed by atoms with Crippen LogP contribution in [-0.4, -0.2) is 36.0 Å². The van der Waals surface area contributed by atoms with Crippen molar-refractivity contribution < 1.29 is 0 Å². The highest BCUT2D eigenvalue weighted by molar-refractivity contribution is 6.33. The summed E-state index contributed by atoms with van der Waals surface area (Å²) in [4.78, 5) is 14.3. The molecule has 0 amide bonds. The second-order valence-electron chi connectivity index (χ2n) is 5.39. The van der Waals surface area contributed by atoms with Crippen LogP contribution in [0, 0.1) is 5.92 Å². The highest BCUT2D eigenvalue weighted by Crippen LogP contribution is 2.28. The fourth-order valence-corrected chi connectivity index (χ4v) is 3.04. The van der Waals surface area contributed by atoms with E-state index in [0.29, 0.717) is 23.5 Å². The highest BCUT2D eigenvalue weighted by atomic mass is 35.5. The number of nitrogens with one attached hydrogen (secondary N) is 1. The zero-order chi connectivity index (χ0) is 14.7. The normalized spacial score (nSPS) is 21.0. The summed E-state index contributed by atoms with van der Waals surface area (Å²) in [6.45, 7) is 6.47. The van der Waals surface area contributed by atoms with Gasteiger partial charge in [-0.2, -0.15) is 5.10 Å². The Balaban J connectivity index is 2.23. The zero-order valence-corrected chi connectivity index (χ0v) is 13.2. The number of hydrogen-bond acceptors (Lipinski definition) is 4. The van der Waals surface area contributed by atoms with Crippen LogP contribution in [0.15, 0.2) is 11.0 Å². The molecule has 0 aromatic carbocycles. The molecule has 1 N–H and O–H groups in total. The first kappa shape index (κ1) is 15.3. The van der Waals surface area contributed by atoms with Gasteiger partial charge in [0.25, 0.3) is 5.56 Å². The summed E-state index contributed by atoms with van der Waals surface area (Å²) in [6, 6.07) is 0.459. The van der Waals surface area contributed by atoms with Crippen molar-refractivity contribution in [3.63, 3.8) is 0 Å². The standard InChI is InChI=1S/C14H23ClN4O/c1-4-19-14(20)13(15)12(8-17-19)18-7-5-6-11(9-18)10(2)16-3/h8,10-11,16H,4-7,9H2,1-3H3. The monoisotopic (exact) mass is 298 g/mol. The SMILES string of the molecule is CCn1ncc(N2CCCC(C(C)NC)C2)c(Cl)c1=O. The molecule has 0 aliphatic carbocycles. The van der Waals surface area contributed by atoms with E-state index in [2.05, 4.69) is 22.2 Å². The van der Waals surface area contributed by atoms with E-state index in [4.69, 9.17) is 11.6 Å². The van der Waals surface area contributed by atoms with Crippen molar-refractivity contribution in [1.29, 1.82) is 0 Å². The average molecular weight is 299 g/mol. The molecule has 0 saturated carbocycles. The van der Waals surface area contributed by atoms with Crippen LogP contribution in [0.5, 0.6) is 0 Å². The first-order valence-electron chi connectivity index (χ1n) is 7.26. The van der Waals surface area contributed by atoms with Gasteiger partial charge >= 0.3 is 0 Å². The number of hydrogen-bond donors (Lipinski definition) is 1. The summed E-state index contributed by atoms with van der Waals surface area (Å²) >= 11 is 6.24. The number of piperidine rings is 1. The number of halogens is 1. The molecule has 2 unspecified atom stereocenters. The zero-order valence-electron chi connectivity index (χ0n) is 12.4. The van der Waals surface area contributed by atoms with E-state index in [1.807, 2.05) is 14.0 Å². The average Bonchev–Trinajstić information content (AvgIpc) is 2.49. The molecule has 2 atom stereocenters. The molecular weight excluding hydrogens is 276 g/mol. The van der Waals surface area contributed by atoms with Crippen molar-refractivity contribution in [2.45, 2.75) is 39.3 Å². The van der Waals surface area contributed by atoms with Gasteiger partial charge in [-0.05, 0) is 39.7 Å². The molecule has 1 aliphatic rings. The maximum absolute atomic E-state index is 12.1. The Bertz CT molecular complexity index is 516. The van der Waals surface area contributed by atoms with Crippen LogP contribution in [0.3, 0.4) is 0 Å². The van der Waals surface area contributed by atoms with Gasteiger partial charge in [-0.15, -0.1) is 0 Å². The minimum Gasteiger partial charge on any atom is -0.369 e. The van der Waals surface area contributed by atoms with Crippen LogP contribution >= 0.6 is 11.6 Å². The van der Waals surface area contributed by atoms with Gasteiger partial charge < -0.3 is 10.2 Å². The Hall–Kier alpha value is -1.07. The fraction of sp³-hybridized carbons (Fsp3) is 0.714. The summed E-state index contributed by atoms with van der Waals surface area (Å²) in [5.41, 5.74) is 0.574. The van der Waals surface area contributed by atoms with Crippen molar-refractivity contribution >= 4 is 17.3 Å². The van der Waals surface area contributed by atoms with Crippen LogP contribution in [0.1, 0.15) is 26.7 Å². The van der Waals surface area contributed by atoms with Gasteiger partial charge in [0.2, 0.25) is 0 Å². The third-order valence-electron chi connectivity index (χ3n) is 4.23. The molecule has 0 spiro atoms. The van der Waals surface area contributed by atoms with Gasteiger partial charge in [0.1, 0.15) is 5.02 Å². The molecule has 1 saturated heterocycles. The Morgan fingerprint density at radius 2 is 2.35 bits per heavy atom. The highest BCUT2D eigenvalue weighted by Gasteiger charge is 2.26. The predicted molar refractivity (Wildman–Crippen MR) is 82.6 cm³/mol. The molecule has 20 heavy (non-hydrogen) atoms. The Morgan fingerprint density at radius 3 is 3.00 bits per heavy atom. The summed E-state index contributed by atoms with van der Waals surface area (Å²) in [6.07, 6.45) is 4.04. The second kappa shape index (κ2) is 6.59. The Labute approximate surface area is 124 Å². The summed E-state index contributed by atoms with van der Waals surface area (Å²) < 4.78 is 1.39. The molecule has 2 heterocycles. The van der Waals surface area contributed by atoms with Gasteiger partial charge in [0.15, 0.2) is 0 Å². The quantitative estimate of drug-likeness (QED) is 0.920. The molecule has 1 aromatic rings. The number of anilines is 1. The molecule has 2 rings (SSSR count). The molecule has 112 valence electrons. The first-order chi connectivity index (χ1) is 9.58. The fourth-order valence-electron chi connectivity index (χ4n) is 2.77. The summed E-state index contributed by atoms with van der Waals surface area (Å²) in [5, 5.41) is 7.79. The van der Waals surface area contributed by atoms with Crippen LogP contribution in [0.2, 0.25) is 5.02 Å². The van der Waals surface area contributed by atoms with Crippen LogP contribution < -0.4 is 15.8 Å². The molecule has 1 fully saturated rings. The predicted octanol–water partition coefficient (Wildman–Crippen LogP) is 1.74. The molecular formula is C14H23ClN4O. The van der Waals surface area contributed by atoms with E-state index < -0.39 is 0 Å². The number of nitrogens with zero attached hydrogens (tertiary/aromatic N) is 3. The Morgan fingerprint density at radius 1 is 1.60 bits per heavy atom. The van der Waals surface area contributed by atoms with E-state index >= 15 is 0 Å². The second-order valence-corrected chi connectivity index (χ2v) is 5.77. The van der Waals surface area contributed by atoms with E-state index in [0.717, 1.165) is 25.2 Å². The van der Waals surface area contributed by atoms with Crippen LogP contribution in [0.4, 0.5) is 5.69 Å².